The number of aryl methyl sites for hydroxylation is 1. The van der Waals surface area contributed by atoms with Crippen LogP contribution in [0.2, 0.25) is 0 Å². The molecule has 0 bridgehead atoms. The van der Waals surface area contributed by atoms with Crippen molar-refractivity contribution in [1.29, 1.82) is 0 Å². The number of hydrogen-bond acceptors (Lipinski definition) is 5. The zero-order valence-electron chi connectivity index (χ0n) is 25.6. The number of anilines is 1. The fourth-order valence-electron chi connectivity index (χ4n) is 5.28. The van der Waals surface area contributed by atoms with Crippen LogP contribution in [0.25, 0.3) is 0 Å². The van der Waals surface area contributed by atoms with Crippen LogP contribution in [0, 0.1) is 5.41 Å². The summed E-state index contributed by atoms with van der Waals surface area (Å²) in [4.78, 5) is 39.7. The maximum Gasteiger partial charge on any atom is 0.316 e. The van der Waals surface area contributed by atoms with Gasteiger partial charge >= 0.3 is 11.9 Å². The first kappa shape index (κ1) is 30.8. The summed E-state index contributed by atoms with van der Waals surface area (Å²) in [5.74, 6) is 0.0746. The summed E-state index contributed by atoms with van der Waals surface area (Å²) < 4.78 is 11.2. The fraction of sp³-hybridized carbons (Fsp3) is 0.400. The predicted molar refractivity (Wildman–Crippen MR) is 164 cm³/mol. The molecule has 1 amide bonds. The minimum atomic E-state index is -1.06. The number of rotatable bonds is 8. The van der Waals surface area contributed by atoms with E-state index in [1.54, 1.807) is 50.1 Å². The summed E-state index contributed by atoms with van der Waals surface area (Å²) in [5.41, 5.74) is 3.74. The molecule has 0 aliphatic heterocycles. The molecule has 1 aliphatic carbocycles. The number of carbonyl (C=O) groups is 3. The van der Waals surface area contributed by atoms with Crippen molar-refractivity contribution in [3.05, 3.63) is 88.5 Å². The Kier molecular flexibility index (Phi) is 8.81. The lowest BCUT2D eigenvalue weighted by Crippen LogP contribution is -2.32. The first-order valence-corrected chi connectivity index (χ1v) is 14.4. The van der Waals surface area contributed by atoms with Crippen molar-refractivity contribution >= 4 is 23.5 Å². The largest absolute Gasteiger partial charge is 0.497 e. The summed E-state index contributed by atoms with van der Waals surface area (Å²) in [6, 6.07) is 18.6. The van der Waals surface area contributed by atoms with Crippen LogP contribution in [-0.2, 0) is 27.8 Å². The van der Waals surface area contributed by atoms with Crippen molar-refractivity contribution in [2.45, 2.75) is 72.1 Å². The third-order valence-electron chi connectivity index (χ3n) is 8.15. The maximum absolute atomic E-state index is 13.8. The van der Waals surface area contributed by atoms with Gasteiger partial charge in [-0.2, -0.15) is 0 Å². The van der Waals surface area contributed by atoms with Crippen molar-refractivity contribution < 1.29 is 29.0 Å². The average molecular weight is 572 g/mol. The van der Waals surface area contributed by atoms with Gasteiger partial charge in [0.2, 0.25) is 0 Å². The molecule has 0 radical (unpaired) electrons. The van der Waals surface area contributed by atoms with Crippen molar-refractivity contribution in [3.63, 3.8) is 0 Å². The Labute approximate surface area is 248 Å². The van der Waals surface area contributed by atoms with Crippen molar-refractivity contribution in [2.24, 2.45) is 5.41 Å². The van der Waals surface area contributed by atoms with E-state index in [1.165, 1.54) is 11.1 Å². The van der Waals surface area contributed by atoms with Crippen LogP contribution in [0.4, 0.5) is 5.69 Å². The van der Waals surface area contributed by atoms with Gasteiger partial charge in [0, 0.05) is 18.2 Å². The normalized spacial score (nSPS) is 15.0. The average Bonchev–Trinajstić information content (AvgIpc) is 2.96. The second-order valence-corrected chi connectivity index (χ2v) is 12.5. The number of nitrogens with zero attached hydrogens (tertiary/aromatic N) is 1. The molecule has 1 aliphatic rings. The van der Waals surface area contributed by atoms with Gasteiger partial charge in [-0.1, -0.05) is 24.3 Å². The molecular formula is C35H41NO6. The summed E-state index contributed by atoms with van der Waals surface area (Å²) in [6.07, 6.45) is 2.51. The number of carboxylic acids is 1. The highest BCUT2D eigenvalue weighted by Gasteiger charge is 2.31. The Morgan fingerprint density at radius 2 is 1.57 bits per heavy atom. The van der Waals surface area contributed by atoms with Crippen LogP contribution in [0.1, 0.15) is 86.5 Å². The van der Waals surface area contributed by atoms with Crippen LogP contribution in [0.15, 0.2) is 60.7 Å². The standard InChI is InChI=1S/C35H41NO6/c1-8-36(31(37)22-11-14-26(15-12-22)35(5,6)32(38)39)30-21-27(41-7)17-18-29(30)25-10-9-24-20-28(16-13-23(24)19-25)42-33(40)34(2,3)4/h11-18,20-21,25H,8-10,19H2,1-7H3,(H,38,39)/t25-/m1/s1. The Hall–Kier alpha value is -4.13. The summed E-state index contributed by atoms with van der Waals surface area (Å²) in [7, 11) is 1.61. The van der Waals surface area contributed by atoms with Crippen molar-refractivity contribution in [1.82, 2.24) is 0 Å². The molecule has 3 aromatic rings. The highest BCUT2D eigenvalue weighted by molar-refractivity contribution is 6.06. The van der Waals surface area contributed by atoms with Gasteiger partial charge in [0.25, 0.3) is 5.91 Å². The number of carbonyl (C=O) groups excluding carboxylic acids is 2. The Balaban J connectivity index is 1.62. The lowest BCUT2D eigenvalue weighted by molar-refractivity contribution is -0.143. The SMILES string of the molecule is CCN(C(=O)c1ccc(C(C)(C)C(=O)O)cc1)c1cc(OC)ccc1[C@@H]1CCc2cc(OC(=O)C(C)(C)C)ccc2C1. The van der Waals surface area contributed by atoms with Crippen LogP contribution in [0.3, 0.4) is 0 Å². The molecule has 4 rings (SSSR count). The van der Waals surface area contributed by atoms with Gasteiger partial charge in [-0.3, -0.25) is 14.4 Å². The van der Waals surface area contributed by atoms with Gasteiger partial charge in [0.05, 0.1) is 23.6 Å². The molecule has 1 atom stereocenters. The second-order valence-electron chi connectivity index (χ2n) is 12.5. The minimum Gasteiger partial charge on any atom is -0.497 e. The quantitative estimate of drug-likeness (QED) is 0.232. The fourth-order valence-corrected chi connectivity index (χ4v) is 5.28. The third kappa shape index (κ3) is 6.35. The molecule has 0 saturated heterocycles. The number of esters is 1. The highest BCUT2D eigenvalue weighted by Crippen LogP contribution is 2.40. The number of fused-ring (bicyclic) bond motifs is 1. The molecule has 0 fully saturated rings. The van der Waals surface area contributed by atoms with Gasteiger partial charge in [-0.15, -0.1) is 0 Å². The van der Waals surface area contributed by atoms with Crippen LogP contribution < -0.4 is 14.4 Å². The molecule has 3 aromatic carbocycles. The monoisotopic (exact) mass is 571 g/mol. The van der Waals surface area contributed by atoms with Crippen LogP contribution in [-0.4, -0.2) is 36.6 Å². The van der Waals surface area contributed by atoms with Crippen molar-refractivity contribution in [2.75, 3.05) is 18.6 Å². The van der Waals surface area contributed by atoms with Crippen LogP contribution >= 0.6 is 0 Å². The van der Waals surface area contributed by atoms with Gasteiger partial charge in [-0.05, 0) is 119 Å². The Morgan fingerprint density at radius 1 is 0.905 bits per heavy atom. The number of methoxy groups -OCH3 is 1. The van der Waals surface area contributed by atoms with E-state index in [1.807, 2.05) is 58.0 Å². The van der Waals surface area contributed by atoms with E-state index in [-0.39, 0.29) is 17.8 Å². The maximum atomic E-state index is 13.8. The van der Waals surface area contributed by atoms with E-state index >= 15 is 0 Å². The molecule has 7 heteroatoms. The number of benzene rings is 3. The Morgan fingerprint density at radius 3 is 2.17 bits per heavy atom. The molecule has 0 heterocycles. The second kappa shape index (κ2) is 12.0. The highest BCUT2D eigenvalue weighted by atomic mass is 16.5. The molecule has 0 spiro atoms. The first-order valence-electron chi connectivity index (χ1n) is 14.4. The topological polar surface area (TPSA) is 93.1 Å². The summed E-state index contributed by atoms with van der Waals surface area (Å²) in [5, 5.41) is 9.58. The molecule has 222 valence electrons. The molecule has 0 saturated carbocycles. The molecule has 0 unspecified atom stereocenters. The molecule has 42 heavy (non-hydrogen) atoms. The third-order valence-corrected chi connectivity index (χ3v) is 8.15. The van der Waals surface area contributed by atoms with E-state index in [0.29, 0.717) is 29.2 Å². The summed E-state index contributed by atoms with van der Waals surface area (Å²) >= 11 is 0. The molecule has 0 aromatic heterocycles. The van der Waals surface area contributed by atoms with Crippen molar-refractivity contribution in [3.8, 4) is 11.5 Å². The van der Waals surface area contributed by atoms with Crippen LogP contribution in [0.5, 0.6) is 11.5 Å². The number of carboxylic acid groups (broad SMARTS) is 1. The van der Waals surface area contributed by atoms with E-state index in [9.17, 15) is 19.5 Å². The molecule has 1 N–H and O–H groups in total. The van der Waals surface area contributed by atoms with Gasteiger partial charge in [0.1, 0.15) is 11.5 Å². The Bertz CT molecular complexity index is 1480. The van der Waals surface area contributed by atoms with E-state index in [2.05, 4.69) is 6.07 Å². The molecule has 7 nitrogen and oxygen atoms in total. The smallest absolute Gasteiger partial charge is 0.316 e. The van der Waals surface area contributed by atoms with E-state index in [0.717, 1.165) is 30.5 Å². The summed E-state index contributed by atoms with van der Waals surface area (Å²) in [6.45, 7) is 11.2. The van der Waals surface area contributed by atoms with E-state index < -0.39 is 16.8 Å². The van der Waals surface area contributed by atoms with E-state index in [4.69, 9.17) is 9.47 Å². The zero-order chi connectivity index (χ0) is 30.8. The van der Waals surface area contributed by atoms with Gasteiger partial charge in [-0.25, -0.2) is 0 Å². The lowest BCUT2D eigenvalue weighted by Gasteiger charge is -2.31. The number of amides is 1. The number of ether oxygens (including phenoxy) is 2. The number of hydrogen-bond donors (Lipinski definition) is 1. The number of aliphatic carboxylic acids is 1. The zero-order valence-corrected chi connectivity index (χ0v) is 25.6. The van der Waals surface area contributed by atoms with Gasteiger partial charge < -0.3 is 19.5 Å². The lowest BCUT2D eigenvalue weighted by atomic mass is 9.79. The van der Waals surface area contributed by atoms with Gasteiger partial charge in [0.15, 0.2) is 0 Å². The predicted octanol–water partition coefficient (Wildman–Crippen LogP) is 6.95. The minimum absolute atomic E-state index is 0.159. The molecular weight excluding hydrogens is 530 g/mol. The first-order chi connectivity index (χ1) is 19.8.